The summed E-state index contributed by atoms with van der Waals surface area (Å²) in [6.45, 7) is 4.24. The zero-order valence-electron chi connectivity index (χ0n) is 16.8. The van der Waals surface area contributed by atoms with Crippen LogP contribution < -0.4 is 10.6 Å². The fraction of sp³-hybridized carbons (Fsp3) is 0.292. The largest absolute Gasteiger partial charge is 0.404 e. The second-order valence-corrected chi connectivity index (χ2v) is 7.39. The number of nitrogens with zero attached hydrogens (tertiary/aromatic N) is 4. The Morgan fingerprint density at radius 1 is 1.14 bits per heavy atom. The number of fused-ring (bicyclic) bond motifs is 1. The van der Waals surface area contributed by atoms with E-state index in [0.29, 0.717) is 6.04 Å². The fourth-order valence-electron chi connectivity index (χ4n) is 3.72. The molecule has 0 atom stereocenters. The number of nitrogens with two attached hydrogens (primary N) is 1. The molecule has 29 heavy (non-hydrogen) atoms. The van der Waals surface area contributed by atoms with Crippen molar-refractivity contribution in [3.05, 3.63) is 72.2 Å². The summed E-state index contributed by atoms with van der Waals surface area (Å²) in [4.78, 5) is 16.4. The third kappa shape index (κ3) is 4.45. The minimum atomic E-state index is 0.309. The van der Waals surface area contributed by atoms with Gasteiger partial charge in [-0.15, -0.1) is 0 Å². The van der Waals surface area contributed by atoms with Gasteiger partial charge in [0.2, 0.25) is 0 Å². The number of hydrogen-bond acceptors (Lipinski definition) is 5. The van der Waals surface area contributed by atoms with Crippen molar-refractivity contribution in [3.8, 4) is 0 Å². The molecule has 4 rings (SSSR count). The van der Waals surface area contributed by atoms with Crippen LogP contribution in [0.15, 0.2) is 65.9 Å². The predicted molar refractivity (Wildman–Crippen MR) is 121 cm³/mol. The average molecular weight is 386 g/mol. The summed E-state index contributed by atoms with van der Waals surface area (Å²) in [5.41, 5.74) is 11.9. The quantitative estimate of drug-likeness (QED) is 0.668. The molecule has 5 heteroatoms. The standard InChI is InChI=1S/C24H27N5/c1-2-18-6-5-7-21(14-18)29-12-10-20(11-13-29)26-16-19(15-25)24-17-27-22-8-3-4-9-23(22)28-24/h3-9,14-17,20H,2,10-13,25H2,1H3. The Hall–Kier alpha value is -3.21. The van der Waals surface area contributed by atoms with E-state index in [9.17, 15) is 0 Å². The number of piperidine rings is 1. The van der Waals surface area contributed by atoms with Crippen molar-refractivity contribution in [2.45, 2.75) is 32.2 Å². The van der Waals surface area contributed by atoms with Crippen molar-refractivity contribution >= 4 is 28.5 Å². The van der Waals surface area contributed by atoms with Gasteiger partial charge in [0.15, 0.2) is 0 Å². The van der Waals surface area contributed by atoms with Gasteiger partial charge < -0.3 is 10.6 Å². The summed E-state index contributed by atoms with van der Waals surface area (Å²) in [6, 6.07) is 17.0. The number of aliphatic imine (C=N–C) groups is 1. The normalized spacial score (nSPS) is 16.0. The molecular formula is C24H27N5. The monoisotopic (exact) mass is 385 g/mol. The summed E-state index contributed by atoms with van der Waals surface area (Å²) >= 11 is 0. The van der Waals surface area contributed by atoms with Crippen molar-refractivity contribution in [3.63, 3.8) is 0 Å². The molecule has 5 nitrogen and oxygen atoms in total. The molecule has 1 aliphatic rings. The molecule has 0 bridgehead atoms. The molecule has 2 aromatic carbocycles. The van der Waals surface area contributed by atoms with Crippen LogP contribution in [0.3, 0.4) is 0 Å². The average Bonchev–Trinajstić information content (AvgIpc) is 2.80. The maximum Gasteiger partial charge on any atom is 0.0922 e. The van der Waals surface area contributed by atoms with Crippen LogP contribution in [-0.2, 0) is 6.42 Å². The van der Waals surface area contributed by atoms with Crippen LogP contribution in [0.25, 0.3) is 16.6 Å². The number of anilines is 1. The lowest BCUT2D eigenvalue weighted by Gasteiger charge is -2.32. The molecule has 1 aromatic heterocycles. The summed E-state index contributed by atoms with van der Waals surface area (Å²) in [6.07, 6.45) is 8.32. The smallest absolute Gasteiger partial charge is 0.0922 e. The number of para-hydroxylation sites is 2. The van der Waals surface area contributed by atoms with Crippen molar-refractivity contribution in [1.29, 1.82) is 0 Å². The summed E-state index contributed by atoms with van der Waals surface area (Å²) < 4.78 is 0. The Kier molecular flexibility index (Phi) is 5.84. The molecule has 0 unspecified atom stereocenters. The van der Waals surface area contributed by atoms with Gasteiger partial charge in [0.05, 0.1) is 29.0 Å². The first-order valence-corrected chi connectivity index (χ1v) is 10.3. The highest BCUT2D eigenvalue weighted by Gasteiger charge is 2.18. The zero-order chi connectivity index (χ0) is 20.1. The Bertz CT molecular complexity index is 1030. The van der Waals surface area contributed by atoms with Crippen LogP contribution in [0.5, 0.6) is 0 Å². The molecule has 0 spiro atoms. The first kappa shape index (κ1) is 19.1. The van der Waals surface area contributed by atoms with E-state index in [0.717, 1.165) is 54.7 Å². The number of rotatable bonds is 5. The van der Waals surface area contributed by atoms with E-state index in [2.05, 4.69) is 46.1 Å². The Morgan fingerprint density at radius 3 is 2.69 bits per heavy atom. The molecule has 1 fully saturated rings. The fourth-order valence-corrected chi connectivity index (χ4v) is 3.72. The lowest BCUT2D eigenvalue weighted by Crippen LogP contribution is -2.35. The van der Waals surface area contributed by atoms with Gasteiger partial charge in [0.25, 0.3) is 0 Å². The summed E-state index contributed by atoms with van der Waals surface area (Å²) in [5.74, 6) is 0. The van der Waals surface area contributed by atoms with Gasteiger partial charge in [-0.2, -0.15) is 0 Å². The van der Waals surface area contributed by atoms with Crippen LogP contribution in [-0.4, -0.2) is 35.3 Å². The van der Waals surface area contributed by atoms with Crippen LogP contribution in [0.2, 0.25) is 0 Å². The van der Waals surface area contributed by atoms with E-state index in [-0.39, 0.29) is 0 Å². The van der Waals surface area contributed by atoms with Crippen LogP contribution >= 0.6 is 0 Å². The topological polar surface area (TPSA) is 67.4 Å². The van der Waals surface area contributed by atoms with Crippen molar-refractivity contribution in [1.82, 2.24) is 9.97 Å². The molecule has 0 radical (unpaired) electrons. The number of aryl methyl sites for hydroxylation is 1. The minimum absolute atomic E-state index is 0.309. The lowest BCUT2D eigenvalue weighted by atomic mass is 10.0. The Balaban J connectivity index is 1.40. The Morgan fingerprint density at radius 2 is 1.93 bits per heavy atom. The number of allylic oxidation sites excluding steroid dienone is 1. The molecule has 0 saturated carbocycles. The molecular weight excluding hydrogens is 358 g/mol. The van der Waals surface area contributed by atoms with Crippen LogP contribution in [0.1, 0.15) is 31.0 Å². The molecule has 1 saturated heterocycles. The number of hydrogen-bond donors (Lipinski definition) is 1. The molecule has 2 N–H and O–H groups in total. The van der Waals surface area contributed by atoms with Crippen LogP contribution in [0, 0.1) is 0 Å². The number of benzene rings is 2. The van der Waals surface area contributed by atoms with E-state index in [4.69, 9.17) is 10.7 Å². The number of aromatic nitrogens is 2. The second kappa shape index (κ2) is 8.86. The van der Waals surface area contributed by atoms with Gasteiger partial charge in [0.1, 0.15) is 0 Å². The molecule has 3 aromatic rings. The SMILES string of the molecule is CCc1cccc(N2CCC(N=CC(=CN)c3cnc4ccccc4n3)CC2)c1. The molecule has 1 aliphatic heterocycles. The first-order valence-electron chi connectivity index (χ1n) is 10.3. The van der Waals surface area contributed by atoms with Gasteiger partial charge in [0, 0.05) is 36.8 Å². The van der Waals surface area contributed by atoms with Crippen molar-refractivity contribution in [2.75, 3.05) is 18.0 Å². The highest BCUT2D eigenvalue weighted by atomic mass is 15.1. The summed E-state index contributed by atoms with van der Waals surface area (Å²) in [5, 5.41) is 0. The predicted octanol–water partition coefficient (Wildman–Crippen LogP) is 4.23. The van der Waals surface area contributed by atoms with Gasteiger partial charge in [-0.3, -0.25) is 9.98 Å². The van der Waals surface area contributed by atoms with Crippen LogP contribution in [0.4, 0.5) is 5.69 Å². The third-order valence-electron chi connectivity index (χ3n) is 5.50. The maximum absolute atomic E-state index is 5.86. The van der Waals surface area contributed by atoms with Crippen molar-refractivity contribution < 1.29 is 0 Å². The minimum Gasteiger partial charge on any atom is -0.404 e. The highest BCUT2D eigenvalue weighted by Crippen LogP contribution is 2.23. The van der Waals surface area contributed by atoms with Gasteiger partial charge in [-0.05, 0) is 49.1 Å². The maximum atomic E-state index is 5.86. The summed E-state index contributed by atoms with van der Waals surface area (Å²) in [7, 11) is 0. The molecule has 0 aliphatic carbocycles. The van der Waals surface area contributed by atoms with E-state index in [1.165, 1.54) is 11.3 Å². The second-order valence-electron chi connectivity index (χ2n) is 7.39. The molecule has 148 valence electrons. The first-order chi connectivity index (χ1) is 14.3. The third-order valence-corrected chi connectivity index (χ3v) is 5.50. The zero-order valence-corrected chi connectivity index (χ0v) is 16.8. The molecule has 0 amide bonds. The van der Waals surface area contributed by atoms with E-state index >= 15 is 0 Å². The van der Waals surface area contributed by atoms with Gasteiger partial charge >= 0.3 is 0 Å². The Labute approximate surface area is 172 Å². The molecule has 2 heterocycles. The lowest BCUT2D eigenvalue weighted by molar-refractivity contribution is 0.505. The van der Waals surface area contributed by atoms with Gasteiger partial charge in [-0.1, -0.05) is 31.2 Å². The van der Waals surface area contributed by atoms with Gasteiger partial charge in [-0.25, -0.2) is 4.98 Å². The highest BCUT2D eigenvalue weighted by molar-refractivity contribution is 6.09. The van der Waals surface area contributed by atoms with Crippen molar-refractivity contribution in [2.24, 2.45) is 10.7 Å². The van der Waals surface area contributed by atoms with E-state index in [1.807, 2.05) is 30.5 Å². The van der Waals surface area contributed by atoms with E-state index < -0.39 is 0 Å². The van der Waals surface area contributed by atoms with E-state index in [1.54, 1.807) is 12.4 Å².